The van der Waals surface area contributed by atoms with E-state index in [1.807, 2.05) is 0 Å². The van der Waals surface area contributed by atoms with Gasteiger partial charge in [-0.1, -0.05) is 37.3 Å². The molecule has 0 amide bonds. The third-order valence-corrected chi connectivity index (χ3v) is 4.80. The summed E-state index contributed by atoms with van der Waals surface area (Å²) in [6.45, 7) is 6.94. The van der Waals surface area contributed by atoms with Crippen LogP contribution in [0, 0.1) is 0 Å². The SMILES string of the molecule is CCN1CCC(N(C)CC(N)CCc2ccccc2)CC1. The number of aryl methyl sites for hydroxylation is 1. The first kappa shape index (κ1) is 16.5. The number of likely N-dealkylation sites (N-methyl/N-ethyl adjacent to an activating group) is 1. The highest BCUT2D eigenvalue weighted by atomic mass is 15.2. The van der Waals surface area contributed by atoms with Crippen LogP contribution in [0.3, 0.4) is 0 Å². The summed E-state index contributed by atoms with van der Waals surface area (Å²) in [5.41, 5.74) is 7.73. The van der Waals surface area contributed by atoms with Crippen molar-refractivity contribution in [3.05, 3.63) is 35.9 Å². The highest BCUT2D eigenvalue weighted by Gasteiger charge is 2.22. The number of rotatable bonds is 7. The van der Waals surface area contributed by atoms with Gasteiger partial charge in [-0.2, -0.15) is 0 Å². The maximum Gasteiger partial charge on any atom is 0.0170 e. The van der Waals surface area contributed by atoms with Crippen molar-refractivity contribution in [1.82, 2.24) is 9.80 Å². The fraction of sp³-hybridized carbons (Fsp3) is 0.667. The van der Waals surface area contributed by atoms with Crippen molar-refractivity contribution in [2.24, 2.45) is 5.73 Å². The predicted octanol–water partition coefficient (Wildman–Crippen LogP) is 2.36. The monoisotopic (exact) mass is 289 g/mol. The van der Waals surface area contributed by atoms with E-state index < -0.39 is 0 Å². The van der Waals surface area contributed by atoms with Crippen LogP contribution in [0.25, 0.3) is 0 Å². The second kappa shape index (κ2) is 8.52. The van der Waals surface area contributed by atoms with E-state index in [1.54, 1.807) is 0 Å². The lowest BCUT2D eigenvalue weighted by molar-refractivity contribution is 0.126. The van der Waals surface area contributed by atoms with Crippen LogP contribution in [-0.4, -0.2) is 55.1 Å². The van der Waals surface area contributed by atoms with Crippen molar-refractivity contribution in [3.63, 3.8) is 0 Å². The lowest BCUT2D eigenvalue weighted by Gasteiger charge is -2.37. The number of nitrogens with two attached hydrogens (primary N) is 1. The van der Waals surface area contributed by atoms with E-state index in [4.69, 9.17) is 5.73 Å². The van der Waals surface area contributed by atoms with Crippen LogP contribution in [0.1, 0.15) is 31.7 Å². The van der Waals surface area contributed by atoms with Crippen LogP contribution in [-0.2, 0) is 6.42 Å². The second-order valence-corrected chi connectivity index (χ2v) is 6.39. The minimum Gasteiger partial charge on any atom is -0.327 e. The lowest BCUT2D eigenvalue weighted by atomic mass is 10.0. The minimum absolute atomic E-state index is 0.277. The summed E-state index contributed by atoms with van der Waals surface area (Å²) < 4.78 is 0. The van der Waals surface area contributed by atoms with Gasteiger partial charge in [0.2, 0.25) is 0 Å². The molecular formula is C18H31N3. The molecule has 1 saturated heterocycles. The standard InChI is InChI=1S/C18H31N3/c1-3-21-13-11-18(12-14-21)20(2)15-17(19)10-9-16-7-5-4-6-8-16/h4-8,17-18H,3,9-15,19H2,1-2H3. The molecule has 1 heterocycles. The molecule has 0 aliphatic carbocycles. The minimum atomic E-state index is 0.277. The Morgan fingerprint density at radius 3 is 2.52 bits per heavy atom. The van der Waals surface area contributed by atoms with Gasteiger partial charge in [0.25, 0.3) is 0 Å². The predicted molar refractivity (Wildman–Crippen MR) is 90.5 cm³/mol. The summed E-state index contributed by atoms with van der Waals surface area (Å²) in [6, 6.07) is 11.7. The van der Waals surface area contributed by atoms with Gasteiger partial charge in [-0.25, -0.2) is 0 Å². The maximum atomic E-state index is 6.33. The van der Waals surface area contributed by atoms with Crippen LogP contribution in [0.2, 0.25) is 0 Å². The third-order valence-electron chi connectivity index (χ3n) is 4.80. The molecule has 1 aromatic rings. The van der Waals surface area contributed by atoms with E-state index in [1.165, 1.54) is 38.0 Å². The summed E-state index contributed by atoms with van der Waals surface area (Å²) in [5, 5.41) is 0. The molecule has 3 heteroatoms. The maximum absolute atomic E-state index is 6.33. The van der Waals surface area contributed by atoms with Gasteiger partial charge in [-0.15, -0.1) is 0 Å². The van der Waals surface area contributed by atoms with Gasteiger partial charge < -0.3 is 15.5 Å². The van der Waals surface area contributed by atoms with Crippen LogP contribution in [0.4, 0.5) is 0 Å². The highest BCUT2D eigenvalue weighted by Crippen LogP contribution is 2.15. The van der Waals surface area contributed by atoms with Gasteiger partial charge in [-0.3, -0.25) is 0 Å². The first-order valence-electron chi connectivity index (χ1n) is 8.41. The summed E-state index contributed by atoms with van der Waals surface area (Å²) in [4.78, 5) is 5.03. The Bertz CT molecular complexity index is 385. The Kier molecular flexibility index (Phi) is 6.68. The van der Waals surface area contributed by atoms with E-state index in [9.17, 15) is 0 Å². The summed E-state index contributed by atoms with van der Waals surface area (Å²) in [6.07, 6.45) is 4.73. The molecule has 0 bridgehead atoms. The highest BCUT2D eigenvalue weighted by molar-refractivity contribution is 5.14. The third kappa shape index (κ3) is 5.42. The number of nitrogens with zero attached hydrogens (tertiary/aromatic N) is 2. The molecule has 2 N–H and O–H groups in total. The molecule has 118 valence electrons. The normalized spacial score (nSPS) is 19.0. The fourth-order valence-electron chi connectivity index (χ4n) is 3.28. The van der Waals surface area contributed by atoms with Gasteiger partial charge in [0.1, 0.15) is 0 Å². The quantitative estimate of drug-likeness (QED) is 0.836. The molecule has 1 unspecified atom stereocenters. The molecule has 0 radical (unpaired) electrons. The molecule has 1 aliphatic heterocycles. The van der Waals surface area contributed by atoms with Crippen molar-refractivity contribution in [2.75, 3.05) is 33.2 Å². The van der Waals surface area contributed by atoms with E-state index in [2.05, 4.69) is 54.1 Å². The number of likely N-dealkylation sites (tertiary alicyclic amines) is 1. The largest absolute Gasteiger partial charge is 0.327 e. The second-order valence-electron chi connectivity index (χ2n) is 6.39. The average molecular weight is 289 g/mol. The van der Waals surface area contributed by atoms with Crippen LogP contribution in [0.15, 0.2) is 30.3 Å². The first-order chi connectivity index (χ1) is 10.2. The van der Waals surface area contributed by atoms with E-state index >= 15 is 0 Å². The topological polar surface area (TPSA) is 32.5 Å². The van der Waals surface area contributed by atoms with Crippen LogP contribution >= 0.6 is 0 Å². The molecule has 21 heavy (non-hydrogen) atoms. The molecule has 1 atom stereocenters. The molecule has 1 aliphatic rings. The number of piperidine rings is 1. The van der Waals surface area contributed by atoms with E-state index in [0.29, 0.717) is 0 Å². The van der Waals surface area contributed by atoms with E-state index in [-0.39, 0.29) is 6.04 Å². The van der Waals surface area contributed by atoms with Crippen molar-refractivity contribution < 1.29 is 0 Å². The van der Waals surface area contributed by atoms with E-state index in [0.717, 1.165) is 25.4 Å². The van der Waals surface area contributed by atoms with Crippen molar-refractivity contribution in [1.29, 1.82) is 0 Å². The Morgan fingerprint density at radius 1 is 1.24 bits per heavy atom. The molecule has 0 saturated carbocycles. The van der Waals surface area contributed by atoms with Crippen molar-refractivity contribution in [2.45, 2.75) is 44.7 Å². The Hall–Kier alpha value is -0.900. The van der Waals surface area contributed by atoms with Crippen molar-refractivity contribution in [3.8, 4) is 0 Å². The van der Waals surface area contributed by atoms with Crippen LogP contribution in [0.5, 0.6) is 0 Å². The molecule has 1 fully saturated rings. The Labute approximate surface area is 130 Å². The first-order valence-corrected chi connectivity index (χ1v) is 8.41. The lowest BCUT2D eigenvalue weighted by Crippen LogP contribution is -2.47. The zero-order chi connectivity index (χ0) is 15.1. The molecule has 2 rings (SSSR count). The molecule has 1 aromatic carbocycles. The average Bonchev–Trinajstić information content (AvgIpc) is 2.54. The Morgan fingerprint density at radius 2 is 1.90 bits per heavy atom. The Balaban J connectivity index is 1.68. The molecule has 3 nitrogen and oxygen atoms in total. The molecule has 0 spiro atoms. The summed E-state index contributed by atoms with van der Waals surface area (Å²) in [7, 11) is 2.24. The number of hydrogen-bond acceptors (Lipinski definition) is 3. The fourth-order valence-corrected chi connectivity index (χ4v) is 3.28. The molecule has 0 aromatic heterocycles. The van der Waals surface area contributed by atoms with Crippen molar-refractivity contribution >= 4 is 0 Å². The van der Waals surface area contributed by atoms with Gasteiger partial charge in [-0.05, 0) is 57.9 Å². The van der Waals surface area contributed by atoms with Gasteiger partial charge in [0.05, 0.1) is 0 Å². The zero-order valence-corrected chi connectivity index (χ0v) is 13.7. The van der Waals surface area contributed by atoms with Crippen LogP contribution < -0.4 is 5.73 Å². The summed E-state index contributed by atoms with van der Waals surface area (Å²) >= 11 is 0. The van der Waals surface area contributed by atoms with Gasteiger partial charge in [0.15, 0.2) is 0 Å². The summed E-state index contributed by atoms with van der Waals surface area (Å²) in [5.74, 6) is 0. The van der Waals surface area contributed by atoms with Gasteiger partial charge in [0, 0.05) is 18.6 Å². The zero-order valence-electron chi connectivity index (χ0n) is 13.7. The van der Waals surface area contributed by atoms with Gasteiger partial charge >= 0.3 is 0 Å². The number of benzene rings is 1. The number of hydrogen-bond donors (Lipinski definition) is 1. The molecular weight excluding hydrogens is 258 g/mol. The smallest absolute Gasteiger partial charge is 0.0170 e.